The number of guanidine groups is 1. The minimum Gasteiger partial charge on any atom is -0.465 e. The first kappa shape index (κ1) is 22.7. The van der Waals surface area contributed by atoms with Gasteiger partial charge in [-0.1, -0.05) is 6.92 Å². The second-order valence-electron chi connectivity index (χ2n) is 6.07. The molecule has 0 aliphatic carbocycles. The highest BCUT2D eigenvalue weighted by molar-refractivity contribution is 8.56. The molecule has 2 N–H and O–H groups in total. The lowest BCUT2D eigenvalue weighted by Gasteiger charge is -2.31. The van der Waals surface area contributed by atoms with Crippen molar-refractivity contribution in [3.63, 3.8) is 0 Å². The van der Waals surface area contributed by atoms with Crippen molar-refractivity contribution in [1.82, 2.24) is 10.2 Å². The van der Waals surface area contributed by atoms with Crippen LogP contribution in [-0.2, 0) is 13.8 Å². The molecule has 2 rings (SSSR count). The number of nitrogens with zero attached hydrogens (tertiary/aromatic N) is 2. The fourth-order valence-electron chi connectivity index (χ4n) is 2.56. The van der Waals surface area contributed by atoms with Gasteiger partial charge in [0.2, 0.25) is 5.96 Å². The Morgan fingerprint density at radius 1 is 1.29 bits per heavy atom. The highest BCUT2D eigenvalue weighted by Crippen LogP contribution is 2.61. The van der Waals surface area contributed by atoms with Crippen LogP contribution in [0.4, 0.5) is 5.69 Å². The zero-order valence-corrected chi connectivity index (χ0v) is 18.4. The minimum absolute atomic E-state index is 0.333. The SMILES string of the molecule is CCCSP(=O)(N=C(Nc1ccc(C(=O)OC)cc1)N1CCNCC1)OCC. The summed E-state index contributed by atoms with van der Waals surface area (Å²) in [4.78, 5) is 13.7. The molecule has 28 heavy (non-hydrogen) atoms. The van der Waals surface area contributed by atoms with Crippen molar-refractivity contribution in [3.8, 4) is 0 Å². The zero-order chi connectivity index (χ0) is 20.4. The lowest BCUT2D eigenvalue weighted by molar-refractivity contribution is 0.0600. The molecule has 0 amide bonds. The summed E-state index contributed by atoms with van der Waals surface area (Å²) in [7, 11) is 1.35. The van der Waals surface area contributed by atoms with Crippen LogP contribution < -0.4 is 10.6 Å². The van der Waals surface area contributed by atoms with Gasteiger partial charge in [0.25, 0.3) is 0 Å². The van der Waals surface area contributed by atoms with E-state index in [1.807, 2.05) is 13.8 Å². The van der Waals surface area contributed by atoms with Crippen molar-refractivity contribution in [3.05, 3.63) is 29.8 Å². The third-order valence-corrected chi connectivity index (χ3v) is 7.97. The van der Waals surface area contributed by atoms with Crippen molar-refractivity contribution in [2.24, 2.45) is 4.76 Å². The maximum atomic E-state index is 13.2. The maximum Gasteiger partial charge on any atom is 0.374 e. The molecule has 0 aromatic heterocycles. The quantitative estimate of drug-likeness (QED) is 0.282. The van der Waals surface area contributed by atoms with Gasteiger partial charge in [-0.2, -0.15) is 4.76 Å². The van der Waals surface area contributed by atoms with Gasteiger partial charge in [-0.25, -0.2) is 4.79 Å². The molecule has 1 unspecified atom stereocenters. The van der Waals surface area contributed by atoms with Crippen molar-refractivity contribution in [1.29, 1.82) is 0 Å². The van der Waals surface area contributed by atoms with Crippen molar-refractivity contribution in [2.45, 2.75) is 20.3 Å². The van der Waals surface area contributed by atoms with Gasteiger partial charge in [-0.15, -0.1) is 0 Å². The van der Waals surface area contributed by atoms with E-state index in [9.17, 15) is 9.36 Å². The highest BCUT2D eigenvalue weighted by atomic mass is 32.7. The number of ether oxygens (including phenoxy) is 1. The average molecular weight is 428 g/mol. The van der Waals surface area contributed by atoms with Crippen LogP contribution in [0.1, 0.15) is 30.6 Å². The number of nitrogens with one attached hydrogen (secondary N) is 2. The molecule has 8 nitrogen and oxygen atoms in total. The molecule has 1 saturated heterocycles. The first-order valence-corrected chi connectivity index (χ1v) is 12.6. The van der Waals surface area contributed by atoms with E-state index in [0.29, 0.717) is 23.9 Å². The third-order valence-electron chi connectivity index (χ3n) is 3.95. The van der Waals surface area contributed by atoms with E-state index in [-0.39, 0.29) is 5.97 Å². The van der Waals surface area contributed by atoms with E-state index in [4.69, 9.17) is 9.26 Å². The Kier molecular flexibility index (Phi) is 9.31. The monoisotopic (exact) mass is 428 g/mol. The topological polar surface area (TPSA) is 92.3 Å². The third kappa shape index (κ3) is 6.81. The first-order valence-electron chi connectivity index (χ1n) is 9.41. The van der Waals surface area contributed by atoms with Crippen LogP contribution in [0, 0.1) is 0 Å². The number of methoxy groups -OCH3 is 1. The van der Waals surface area contributed by atoms with Gasteiger partial charge >= 0.3 is 12.7 Å². The Labute approximate surface area is 170 Å². The number of benzene rings is 1. The molecule has 0 bridgehead atoms. The van der Waals surface area contributed by atoms with Crippen molar-refractivity contribution < 1.29 is 18.6 Å². The van der Waals surface area contributed by atoms with Crippen molar-refractivity contribution in [2.75, 3.05) is 51.0 Å². The van der Waals surface area contributed by atoms with Crippen LogP contribution in [0.3, 0.4) is 0 Å². The summed E-state index contributed by atoms with van der Waals surface area (Å²) in [6, 6.07) is 6.90. The van der Waals surface area contributed by atoms with Gasteiger partial charge in [0.1, 0.15) is 0 Å². The Balaban J connectivity index is 2.27. The molecule has 0 spiro atoms. The zero-order valence-electron chi connectivity index (χ0n) is 16.6. The number of rotatable bonds is 8. The Bertz CT molecular complexity index is 708. The predicted octanol–water partition coefficient (Wildman–Crippen LogP) is 3.43. The second-order valence-corrected chi connectivity index (χ2v) is 10.3. The largest absolute Gasteiger partial charge is 0.465 e. The van der Waals surface area contributed by atoms with Gasteiger partial charge in [0, 0.05) is 37.6 Å². The lowest BCUT2D eigenvalue weighted by atomic mass is 10.2. The highest BCUT2D eigenvalue weighted by Gasteiger charge is 2.26. The minimum atomic E-state index is -3.22. The number of carbonyl (C=O) groups excluding carboxylic acids is 1. The fraction of sp³-hybridized carbons (Fsp3) is 0.556. The number of carbonyl (C=O) groups is 1. The van der Waals surface area contributed by atoms with E-state index in [1.54, 1.807) is 24.3 Å². The van der Waals surface area contributed by atoms with Crippen LogP contribution in [0.15, 0.2) is 29.0 Å². The fourth-order valence-corrected chi connectivity index (χ4v) is 6.08. The van der Waals surface area contributed by atoms with E-state index in [2.05, 4.69) is 20.3 Å². The summed E-state index contributed by atoms with van der Waals surface area (Å²) in [5.74, 6) is 0.843. The molecule has 1 fully saturated rings. The number of piperazine rings is 1. The van der Waals surface area contributed by atoms with Crippen molar-refractivity contribution >= 4 is 35.7 Å². The van der Waals surface area contributed by atoms with Gasteiger partial charge in [-0.3, -0.25) is 4.57 Å². The van der Waals surface area contributed by atoms with E-state index < -0.39 is 6.72 Å². The molecule has 1 aromatic rings. The molecule has 1 aromatic carbocycles. The Morgan fingerprint density at radius 2 is 1.96 bits per heavy atom. The molecule has 10 heteroatoms. The Hall–Kier alpha value is -1.54. The summed E-state index contributed by atoms with van der Waals surface area (Å²) in [5.41, 5.74) is 1.21. The molecular weight excluding hydrogens is 399 g/mol. The number of hydrogen-bond donors (Lipinski definition) is 2. The molecule has 0 saturated carbocycles. The van der Waals surface area contributed by atoms with Gasteiger partial charge in [-0.05, 0) is 49.0 Å². The number of hydrogen-bond acceptors (Lipinski definition) is 6. The molecule has 1 aliphatic rings. The van der Waals surface area contributed by atoms with Gasteiger partial charge < -0.3 is 24.8 Å². The molecule has 0 radical (unpaired) electrons. The normalized spacial score (nSPS) is 17.1. The smallest absolute Gasteiger partial charge is 0.374 e. The summed E-state index contributed by atoms with van der Waals surface area (Å²) >= 11 is 1.26. The van der Waals surface area contributed by atoms with E-state index >= 15 is 0 Å². The first-order chi connectivity index (χ1) is 13.5. The molecule has 1 heterocycles. The predicted molar refractivity (Wildman–Crippen MR) is 115 cm³/mol. The average Bonchev–Trinajstić information content (AvgIpc) is 2.72. The maximum absolute atomic E-state index is 13.2. The van der Waals surface area contributed by atoms with Crippen LogP contribution >= 0.6 is 18.1 Å². The van der Waals surface area contributed by atoms with Crippen LogP contribution in [0.25, 0.3) is 0 Å². The molecule has 156 valence electrons. The van der Waals surface area contributed by atoms with Gasteiger partial charge in [0.15, 0.2) is 0 Å². The molecule has 1 aliphatic heterocycles. The van der Waals surface area contributed by atoms with Gasteiger partial charge in [0.05, 0.1) is 19.3 Å². The summed E-state index contributed by atoms with van der Waals surface area (Å²) in [6.45, 7) is 4.10. The molecular formula is C18H29N4O4PS. The lowest BCUT2D eigenvalue weighted by Crippen LogP contribution is -2.48. The summed E-state index contributed by atoms with van der Waals surface area (Å²) in [6.07, 6.45) is 0.892. The van der Waals surface area contributed by atoms with Crippen LogP contribution in [0.2, 0.25) is 0 Å². The summed E-state index contributed by atoms with van der Waals surface area (Å²) in [5, 5.41) is 6.55. The second kappa shape index (κ2) is 11.5. The van der Waals surface area contributed by atoms with E-state index in [0.717, 1.165) is 38.3 Å². The Morgan fingerprint density at radius 3 is 2.54 bits per heavy atom. The van der Waals surface area contributed by atoms with E-state index in [1.165, 1.54) is 18.5 Å². The van der Waals surface area contributed by atoms with Crippen LogP contribution in [-0.4, -0.2) is 62.5 Å². The number of anilines is 1. The van der Waals surface area contributed by atoms with Crippen LogP contribution in [0.5, 0.6) is 0 Å². The summed E-state index contributed by atoms with van der Waals surface area (Å²) < 4.78 is 28.0. The standard InChI is InChI=1S/C18H29N4O4PS/c1-4-14-28-27(24,26-5-2)21-18(22-12-10-19-11-13-22)20-16-8-6-15(7-9-16)17(23)25-3/h6-9,19H,4-5,10-14H2,1-3H3,(H,20,21,24). The molecule has 1 atom stereocenters. The number of esters is 1.